The van der Waals surface area contributed by atoms with Crippen LogP contribution in [0.2, 0.25) is 0 Å². The van der Waals surface area contributed by atoms with Crippen LogP contribution in [-0.2, 0) is 12.8 Å². The molecule has 158 valence electrons. The fourth-order valence-corrected chi connectivity index (χ4v) is 4.10. The first-order valence-electron chi connectivity index (χ1n) is 9.36. The molecule has 0 fully saturated rings. The molecule has 0 saturated carbocycles. The molecule has 2 aromatic rings. The van der Waals surface area contributed by atoms with Crippen molar-refractivity contribution in [2.45, 2.75) is 32.3 Å². The first-order valence-corrected chi connectivity index (χ1v) is 9.36. The number of benzene rings is 2. The Morgan fingerprint density at radius 2 is 1.21 bits per heavy atom. The molecule has 1 aliphatic carbocycles. The van der Waals surface area contributed by atoms with E-state index >= 15 is 0 Å². The predicted octanol–water partition coefficient (Wildman–Crippen LogP) is 3.28. The molecule has 2 aromatic carbocycles. The lowest BCUT2D eigenvalue weighted by atomic mass is 9.75. The highest BCUT2D eigenvalue weighted by Crippen LogP contribution is 2.55. The van der Waals surface area contributed by atoms with Gasteiger partial charge in [0.25, 0.3) is 0 Å². The largest absolute Gasteiger partial charge is 0.504 e. The SMILES string of the molecule is COc1c(O)cc2c(c1OC)-c1c(cc(O)c(OC)c1OC)C[C@](C)(O)[C@@H](C)C2. The average molecular weight is 404 g/mol. The van der Waals surface area contributed by atoms with Crippen LogP contribution >= 0.6 is 0 Å². The molecule has 1 aliphatic rings. The molecule has 0 aromatic heterocycles. The van der Waals surface area contributed by atoms with Crippen LogP contribution < -0.4 is 18.9 Å². The molecular formula is C22H28O7. The van der Waals surface area contributed by atoms with Crippen molar-refractivity contribution in [1.82, 2.24) is 0 Å². The van der Waals surface area contributed by atoms with Crippen molar-refractivity contribution in [1.29, 1.82) is 0 Å². The Labute approximate surface area is 170 Å². The maximum atomic E-state index is 11.1. The number of hydrogen-bond donors (Lipinski definition) is 3. The van der Waals surface area contributed by atoms with E-state index < -0.39 is 5.60 Å². The minimum absolute atomic E-state index is 0.0539. The van der Waals surface area contributed by atoms with Gasteiger partial charge in [-0.05, 0) is 42.5 Å². The van der Waals surface area contributed by atoms with Crippen LogP contribution in [-0.4, -0.2) is 49.4 Å². The summed E-state index contributed by atoms with van der Waals surface area (Å²) >= 11 is 0. The third-order valence-electron chi connectivity index (χ3n) is 5.80. The van der Waals surface area contributed by atoms with E-state index in [0.717, 1.165) is 5.56 Å². The number of aromatic hydroxyl groups is 2. The van der Waals surface area contributed by atoms with Gasteiger partial charge in [0.15, 0.2) is 23.0 Å². The molecule has 0 aliphatic heterocycles. The van der Waals surface area contributed by atoms with Crippen molar-refractivity contribution in [3.05, 3.63) is 23.3 Å². The topological polar surface area (TPSA) is 97.6 Å². The molecule has 0 unspecified atom stereocenters. The zero-order valence-corrected chi connectivity index (χ0v) is 17.6. The van der Waals surface area contributed by atoms with Crippen LogP contribution in [0.4, 0.5) is 0 Å². The van der Waals surface area contributed by atoms with E-state index in [0.29, 0.717) is 34.6 Å². The zero-order valence-electron chi connectivity index (χ0n) is 17.6. The number of fused-ring (bicyclic) bond motifs is 3. The Hall–Kier alpha value is -2.80. The van der Waals surface area contributed by atoms with Gasteiger partial charge in [-0.3, -0.25) is 0 Å². The Morgan fingerprint density at radius 1 is 0.793 bits per heavy atom. The van der Waals surface area contributed by atoms with Crippen LogP contribution in [0.25, 0.3) is 11.1 Å². The average Bonchev–Trinajstić information content (AvgIpc) is 2.66. The molecule has 0 radical (unpaired) electrons. The van der Waals surface area contributed by atoms with Gasteiger partial charge in [-0.2, -0.15) is 0 Å². The fourth-order valence-electron chi connectivity index (χ4n) is 4.10. The van der Waals surface area contributed by atoms with Gasteiger partial charge >= 0.3 is 0 Å². The Balaban J connectivity index is 2.52. The van der Waals surface area contributed by atoms with Gasteiger partial charge < -0.3 is 34.3 Å². The van der Waals surface area contributed by atoms with Crippen molar-refractivity contribution in [2.75, 3.05) is 28.4 Å². The lowest BCUT2D eigenvalue weighted by Crippen LogP contribution is -2.37. The smallest absolute Gasteiger partial charge is 0.203 e. The predicted molar refractivity (Wildman–Crippen MR) is 109 cm³/mol. The molecule has 0 bridgehead atoms. The second kappa shape index (κ2) is 7.55. The van der Waals surface area contributed by atoms with Crippen molar-refractivity contribution < 1.29 is 34.3 Å². The molecule has 2 atom stereocenters. The molecule has 3 N–H and O–H groups in total. The van der Waals surface area contributed by atoms with Crippen LogP contribution in [0.1, 0.15) is 25.0 Å². The minimum Gasteiger partial charge on any atom is -0.504 e. The third kappa shape index (κ3) is 3.29. The maximum absolute atomic E-state index is 11.1. The number of phenols is 2. The first-order chi connectivity index (χ1) is 13.7. The van der Waals surface area contributed by atoms with Crippen molar-refractivity contribution in [3.8, 4) is 45.6 Å². The van der Waals surface area contributed by atoms with Gasteiger partial charge in [0.1, 0.15) is 0 Å². The van der Waals surface area contributed by atoms with Crippen LogP contribution in [0.15, 0.2) is 12.1 Å². The van der Waals surface area contributed by atoms with Gasteiger partial charge in [0.2, 0.25) is 11.5 Å². The van der Waals surface area contributed by atoms with Gasteiger partial charge in [0.05, 0.1) is 34.0 Å². The van der Waals surface area contributed by atoms with E-state index in [1.807, 2.05) is 6.92 Å². The van der Waals surface area contributed by atoms with Crippen molar-refractivity contribution in [3.63, 3.8) is 0 Å². The van der Waals surface area contributed by atoms with Gasteiger partial charge in [0, 0.05) is 17.5 Å². The standard InChI is InChI=1S/C22H28O7/c1-11-7-12-8-14(23)18(26-3)20(28-5)16(12)17-13(10-22(11,2)25)9-15(24)19(27-4)21(17)29-6/h8-9,11,23-25H,7,10H2,1-6H3/t11-,22-/m0/s1. The van der Waals surface area contributed by atoms with E-state index in [9.17, 15) is 15.3 Å². The number of ether oxygens (including phenoxy) is 4. The minimum atomic E-state index is -1.05. The molecule has 3 rings (SSSR count). The maximum Gasteiger partial charge on any atom is 0.203 e. The summed E-state index contributed by atoms with van der Waals surface area (Å²) in [6.45, 7) is 3.71. The number of rotatable bonds is 4. The summed E-state index contributed by atoms with van der Waals surface area (Å²) < 4.78 is 22.1. The number of phenolic OH excluding ortho intramolecular Hbond substituents is 2. The monoisotopic (exact) mass is 404 g/mol. The zero-order chi connectivity index (χ0) is 21.5. The molecule has 0 spiro atoms. The van der Waals surface area contributed by atoms with E-state index in [1.165, 1.54) is 28.4 Å². The molecule has 0 amide bonds. The molecule has 7 nitrogen and oxygen atoms in total. The van der Waals surface area contributed by atoms with E-state index in [1.54, 1.807) is 19.1 Å². The second-order valence-corrected chi connectivity index (χ2v) is 7.63. The Bertz CT molecular complexity index is 934. The summed E-state index contributed by atoms with van der Waals surface area (Å²) in [5.41, 5.74) is 1.68. The highest BCUT2D eigenvalue weighted by Gasteiger charge is 2.37. The molecule has 29 heavy (non-hydrogen) atoms. The fraction of sp³-hybridized carbons (Fsp3) is 0.455. The molecule has 0 saturated heterocycles. The summed E-state index contributed by atoms with van der Waals surface area (Å²) in [7, 11) is 5.89. The summed E-state index contributed by atoms with van der Waals surface area (Å²) in [6.07, 6.45) is 0.769. The van der Waals surface area contributed by atoms with E-state index in [2.05, 4.69) is 0 Å². The second-order valence-electron chi connectivity index (χ2n) is 7.63. The van der Waals surface area contributed by atoms with E-state index in [4.69, 9.17) is 18.9 Å². The number of hydrogen-bond acceptors (Lipinski definition) is 7. The van der Waals surface area contributed by atoms with E-state index in [-0.39, 0.29) is 35.3 Å². The summed E-state index contributed by atoms with van der Waals surface area (Å²) in [5, 5.41) is 32.2. The lowest BCUT2D eigenvalue weighted by molar-refractivity contribution is 0.00628. The summed E-state index contributed by atoms with van der Waals surface area (Å²) in [4.78, 5) is 0. The van der Waals surface area contributed by atoms with Gasteiger partial charge in [-0.15, -0.1) is 0 Å². The first kappa shape index (κ1) is 20.9. The van der Waals surface area contributed by atoms with Crippen molar-refractivity contribution >= 4 is 0 Å². The quantitative estimate of drug-likeness (QED) is 0.719. The highest BCUT2D eigenvalue weighted by atomic mass is 16.5. The van der Waals surface area contributed by atoms with Crippen molar-refractivity contribution in [2.24, 2.45) is 5.92 Å². The molecular weight excluding hydrogens is 376 g/mol. The van der Waals surface area contributed by atoms with Gasteiger partial charge in [-0.1, -0.05) is 6.92 Å². The summed E-state index contributed by atoms with van der Waals surface area (Å²) in [5.74, 6) is 0.775. The Morgan fingerprint density at radius 3 is 1.66 bits per heavy atom. The van der Waals surface area contributed by atoms with Crippen LogP contribution in [0.3, 0.4) is 0 Å². The highest BCUT2D eigenvalue weighted by molar-refractivity contribution is 5.88. The van der Waals surface area contributed by atoms with Crippen LogP contribution in [0.5, 0.6) is 34.5 Å². The number of methoxy groups -OCH3 is 4. The molecule has 0 heterocycles. The van der Waals surface area contributed by atoms with Crippen LogP contribution in [0, 0.1) is 5.92 Å². The number of aliphatic hydroxyl groups is 1. The third-order valence-corrected chi connectivity index (χ3v) is 5.80. The Kier molecular flexibility index (Phi) is 5.45. The molecule has 7 heteroatoms. The normalized spacial score (nSPS) is 20.7. The van der Waals surface area contributed by atoms with Gasteiger partial charge in [-0.25, -0.2) is 0 Å². The summed E-state index contributed by atoms with van der Waals surface area (Å²) in [6, 6.07) is 3.20. The lowest BCUT2D eigenvalue weighted by Gasteiger charge is -2.35.